The Morgan fingerprint density at radius 3 is 0.684 bits per heavy atom. The van der Waals surface area contributed by atoms with E-state index in [1.54, 1.807) is 21.3 Å². The molecule has 8 aromatic carbocycles. The topological polar surface area (TPSA) is 47.9 Å². The molecule has 0 atom stereocenters. The third-order valence-corrected chi connectivity index (χ3v) is 11.0. The summed E-state index contributed by atoms with van der Waals surface area (Å²) in [6.45, 7) is 0.0213. The predicted molar refractivity (Wildman–Crippen MR) is 232 cm³/mol. The lowest BCUT2D eigenvalue weighted by Gasteiger charge is -2.37. The third-order valence-electron chi connectivity index (χ3n) is 11.0. The summed E-state index contributed by atoms with van der Waals surface area (Å²) in [7, 11) is 5.07. The van der Waals surface area contributed by atoms with Crippen LogP contribution in [0.25, 0.3) is 44.5 Å². The van der Waals surface area contributed by atoms with E-state index in [2.05, 4.69) is 146 Å². The van der Waals surface area contributed by atoms with Gasteiger partial charge in [-0.1, -0.05) is 158 Å². The van der Waals surface area contributed by atoms with Crippen LogP contribution in [0.3, 0.4) is 0 Å². The largest absolute Gasteiger partial charge is 0.497 e. The molecule has 8 aromatic rings. The van der Waals surface area contributed by atoms with Crippen LogP contribution in [-0.4, -0.2) is 26.4 Å². The zero-order valence-electron chi connectivity index (χ0n) is 32.4. The Bertz CT molecular complexity index is 2150. The van der Waals surface area contributed by atoms with Crippen LogP contribution in [0.5, 0.6) is 17.2 Å². The molecule has 0 fully saturated rings. The maximum Gasteiger partial charge on any atom is 0.118 e. The van der Waals surface area contributed by atoms with E-state index < -0.39 is 5.41 Å². The molecule has 4 nitrogen and oxygen atoms in total. The van der Waals surface area contributed by atoms with Crippen LogP contribution >= 0.6 is 0 Å². The highest BCUT2D eigenvalue weighted by Crippen LogP contribution is 2.47. The van der Waals surface area contributed by atoms with Gasteiger partial charge in [0.2, 0.25) is 0 Å². The van der Waals surface area contributed by atoms with Crippen LogP contribution in [0.1, 0.15) is 27.8 Å². The van der Waals surface area contributed by atoms with Crippen molar-refractivity contribution in [1.29, 1.82) is 0 Å². The lowest BCUT2D eigenvalue weighted by atomic mass is 9.64. The SMILES string of the molecule is COc1ccc(-c2ccc(C(c3ccc(-c4ccc(CO)cc4)cc3)(c3ccc(-c4ccc(OC)cc4)cc3)c3ccc(-c4ccc(OC)cc4)cc3)cc2)cc1. The summed E-state index contributed by atoms with van der Waals surface area (Å²) in [5.74, 6) is 2.50. The normalized spacial score (nSPS) is 11.2. The molecule has 0 amide bonds. The van der Waals surface area contributed by atoms with E-state index in [1.807, 2.05) is 48.5 Å². The fraction of sp³-hybridized carbons (Fsp3) is 0.0943. The molecule has 0 aliphatic heterocycles. The summed E-state index contributed by atoms with van der Waals surface area (Å²) in [4.78, 5) is 0. The Hall–Kier alpha value is -6.88. The van der Waals surface area contributed by atoms with Crippen LogP contribution in [-0.2, 0) is 12.0 Å². The molecule has 0 aliphatic carbocycles. The van der Waals surface area contributed by atoms with Gasteiger partial charge in [-0.05, 0) is 109 Å². The Balaban J connectivity index is 1.31. The van der Waals surface area contributed by atoms with Crippen molar-refractivity contribution in [2.75, 3.05) is 21.3 Å². The minimum absolute atomic E-state index is 0.0213. The highest BCUT2D eigenvalue weighted by Gasteiger charge is 2.38. The van der Waals surface area contributed by atoms with E-state index in [1.165, 1.54) is 0 Å². The highest BCUT2D eigenvalue weighted by atomic mass is 16.5. The summed E-state index contributed by atoms with van der Waals surface area (Å²) in [6, 6.07) is 68.6. The molecule has 0 aliphatic rings. The van der Waals surface area contributed by atoms with E-state index in [0.29, 0.717) is 0 Å². The van der Waals surface area contributed by atoms with E-state index in [4.69, 9.17) is 14.2 Å². The summed E-state index contributed by atoms with van der Waals surface area (Å²) in [5.41, 5.74) is 13.7. The molecule has 0 bridgehead atoms. The van der Waals surface area contributed by atoms with Crippen molar-refractivity contribution in [3.05, 3.63) is 222 Å². The van der Waals surface area contributed by atoms with Crippen LogP contribution < -0.4 is 14.2 Å². The van der Waals surface area contributed by atoms with Gasteiger partial charge in [-0.3, -0.25) is 0 Å². The number of hydrogen-bond acceptors (Lipinski definition) is 4. The third kappa shape index (κ3) is 7.43. The van der Waals surface area contributed by atoms with Gasteiger partial charge in [-0.2, -0.15) is 0 Å². The Morgan fingerprint density at radius 1 is 0.298 bits per heavy atom. The minimum Gasteiger partial charge on any atom is -0.497 e. The van der Waals surface area contributed by atoms with Crippen molar-refractivity contribution in [1.82, 2.24) is 0 Å². The van der Waals surface area contributed by atoms with Gasteiger partial charge in [0.05, 0.1) is 33.4 Å². The van der Waals surface area contributed by atoms with Crippen LogP contribution in [0.2, 0.25) is 0 Å². The Morgan fingerprint density at radius 2 is 0.491 bits per heavy atom. The summed E-state index contributed by atoms with van der Waals surface area (Å²) in [5, 5.41) is 9.64. The molecule has 57 heavy (non-hydrogen) atoms. The Kier molecular flexibility index (Phi) is 10.7. The van der Waals surface area contributed by atoms with Crippen LogP contribution in [0.4, 0.5) is 0 Å². The van der Waals surface area contributed by atoms with Crippen molar-refractivity contribution in [2.24, 2.45) is 0 Å². The average molecular weight is 745 g/mol. The lowest BCUT2D eigenvalue weighted by molar-refractivity contribution is 0.282. The first-order chi connectivity index (χ1) is 28.0. The van der Waals surface area contributed by atoms with Gasteiger partial charge < -0.3 is 19.3 Å². The second kappa shape index (κ2) is 16.5. The number of benzene rings is 8. The number of aliphatic hydroxyl groups is 1. The smallest absolute Gasteiger partial charge is 0.118 e. The molecule has 0 saturated carbocycles. The molecule has 280 valence electrons. The molecule has 0 heterocycles. The molecule has 0 radical (unpaired) electrons. The van der Waals surface area contributed by atoms with E-state index in [9.17, 15) is 5.11 Å². The molecular weight excluding hydrogens is 701 g/mol. The van der Waals surface area contributed by atoms with Gasteiger partial charge in [0.15, 0.2) is 0 Å². The molecule has 8 rings (SSSR count). The molecule has 4 heteroatoms. The quantitative estimate of drug-likeness (QED) is 0.127. The van der Waals surface area contributed by atoms with Crippen molar-refractivity contribution in [2.45, 2.75) is 12.0 Å². The van der Waals surface area contributed by atoms with Gasteiger partial charge in [0.1, 0.15) is 17.2 Å². The highest BCUT2D eigenvalue weighted by molar-refractivity contribution is 5.72. The second-order valence-corrected chi connectivity index (χ2v) is 14.1. The molecule has 0 spiro atoms. The van der Waals surface area contributed by atoms with Gasteiger partial charge in [-0.25, -0.2) is 0 Å². The fourth-order valence-electron chi connectivity index (χ4n) is 7.80. The predicted octanol–water partition coefficient (Wildman–Crippen LogP) is 12.3. The summed E-state index contributed by atoms with van der Waals surface area (Å²) < 4.78 is 16.3. The number of hydrogen-bond donors (Lipinski definition) is 1. The molecular formula is C53H44O4. The van der Waals surface area contributed by atoms with Crippen molar-refractivity contribution in [3.63, 3.8) is 0 Å². The molecule has 0 unspecified atom stereocenters. The minimum atomic E-state index is -0.686. The standard InChI is InChI=1S/C53H44O4/c1-55-50-30-16-43(17-31-50)40-10-24-47(25-11-40)53(46-22-8-39(9-23-46)38-6-4-37(36-54)5-7-38,48-26-12-41(13-27-48)44-18-32-51(56-2)33-19-44)49-28-14-42(15-29-49)45-20-34-52(57-3)35-21-45/h4-35,54H,36H2,1-3H3. The van der Waals surface area contributed by atoms with Gasteiger partial charge in [0, 0.05) is 0 Å². The van der Waals surface area contributed by atoms with Crippen LogP contribution in [0.15, 0.2) is 194 Å². The van der Waals surface area contributed by atoms with Gasteiger partial charge in [-0.15, -0.1) is 0 Å². The monoisotopic (exact) mass is 744 g/mol. The number of aliphatic hydroxyl groups excluding tert-OH is 1. The van der Waals surface area contributed by atoms with Crippen molar-refractivity contribution < 1.29 is 19.3 Å². The first kappa shape index (κ1) is 37.1. The maximum absolute atomic E-state index is 9.64. The van der Waals surface area contributed by atoms with E-state index >= 15 is 0 Å². The average Bonchev–Trinajstić information content (AvgIpc) is 3.30. The van der Waals surface area contributed by atoms with E-state index in [-0.39, 0.29) is 6.61 Å². The van der Waals surface area contributed by atoms with Crippen molar-refractivity contribution in [3.8, 4) is 61.8 Å². The first-order valence-electron chi connectivity index (χ1n) is 19.1. The summed E-state index contributed by atoms with van der Waals surface area (Å²) >= 11 is 0. The number of methoxy groups -OCH3 is 3. The van der Waals surface area contributed by atoms with Crippen molar-refractivity contribution >= 4 is 0 Å². The fourth-order valence-corrected chi connectivity index (χ4v) is 7.80. The first-order valence-corrected chi connectivity index (χ1v) is 19.1. The number of ether oxygens (including phenoxy) is 3. The lowest BCUT2D eigenvalue weighted by Crippen LogP contribution is -2.31. The number of rotatable bonds is 12. The second-order valence-electron chi connectivity index (χ2n) is 14.1. The molecule has 1 N–H and O–H groups in total. The molecule has 0 saturated heterocycles. The van der Waals surface area contributed by atoms with Crippen LogP contribution in [0, 0.1) is 0 Å². The zero-order chi connectivity index (χ0) is 39.2. The van der Waals surface area contributed by atoms with Gasteiger partial charge in [0.25, 0.3) is 0 Å². The zero-order valence-corrected chi connectivity index (χ0v) is 32.4. The maximum atomic E-state index is 9.64. The summed E-state index contributed by atoms with van der Waals surface area (Å²) in [6.07, 6.45) is 0. The Labute approximate surface area is 335 Å². The van der Waals surface area contributed by atoms with E-state index in [0.717, 1.165) is 89.6 Å². The van der Waals surface area contributed by atoms with Gasteiger partial charge >= 0.3 is 0 Å². The molecule has 0 aromatic heterocycles.